The summed E-state index contributed by atoms with van der Waals surface area (Å²) in [5.41, 5.74) is 8.60. The van der Waals surface area contributed by atoms with E-state index in [1.54, 1.807) is 31.3 Å². The number of fused-ring (bicyclic) bond motifs is 1. The Morgan fingerprint density at radius 3 is 2.70 bits per heavy atom. The van der Waals surface area contributed by atoms with E-state index in [0.717, 1.165) is 49.1 Å². The number of anilines is 1. The highest BCUT2D eigenvalue weighted by atomic mass is 16.5. The fraction of sp³-hybridized carbons (Fsp3) is 0.421. The summed E-state index contributed by atoms with van der Waals surface area (Å²) in [5.74, 6) is 2.13. The lowest BCUT2D eigenvalue weighted by Crippen LogP contribution is -2.19. The lowest BCUT2D eigenvalue weighted by Gasteiger charge is -2.23. The zero-order chi connectivity index (χ0) is 18.8. The number of hydrogen-bond acceptors (Lipinski definition) is 7. The van der Waals surface area contributed by atoms with Crippen molar-refractivity contribution in [1.82, 2.24) is 19.5 Å². The highest BCUT2D eigenvalue weighted by molar-refractivity contribution is 5.97. The number of nitrogens with two attached hydrogens (primary N) is 1. The predicted molar refractivity (Wildman–Crippen MR) is 101 cm³/mol. The molecule has 3 aromatic rings. The van der Waals surface area contributed by atoms with Crippen molar-refractivity contribution >= 4 is 16.6 Å². The van der Waals surface area contributed by atoms with Gasteiger partial charge in [-0.25, -0.2) is 15.0 Å². The zero-order valence-electron chi connectivity index (χ0n) is 15.5. The number of imidazole rings is 1. The van der Waals surface area contributed by atoms with Crippen molar-refractivity contribution in [2.75, 3.05) is 33.2 Å². The van der Waals surface area contributed by atoms with E-state index in [2.05, 4.69) is 9.97 Å². The monoisotopic (exact) mass is 369 g/mol. The van der Waals surface area contributed by atoms with Crippen molar-refractivity contribution in [2.24, 2.45) is 5.92 Å². The van der Waals surface area contributed by atoms with Gasteiger partial charge in [-0.05, 0) is 25.2 Å². The minimum atomic E-state index is 0.500. The summed E-state index contributed by atoms with van der Waals surface area (Å²) >= 11 is 0. The number of rotatable bonds is 5. The highest BCUT2D eigenvalue weighted by Crippen LogP contribution is 2.41. The first-order chi connectivity index (χ1) is 13.2. The van der Waals surface area contributed by atoms with Gasteiger partial charge in [-0.1, -0.05) is 0 Å². The summed E-state index contributed by atoms with van der Waals surface area (Å²) in [4.78, 5) is 13.6. The zero-order valence-corrected chi connectivity index (χ0v) is 15.5. The van der Waals surface area contributed by atoms with E-state index in [9.17, 15) is 0 Å². The van der Waals surface area contributed by atoms with Crippen molar-refractivity contribution in [3.05, 3.63) is 30.5 Å². The maximum Gasteiger partial charge on any atom is 0.235 e. The molecule has 0 amide bonds. The third kappa shape index (κ3) is 3.28. The molecule has 1 saturated heterocycles. The van der Waals surface area contributed by atoms with E-state index < -0.39 is 0 Å². The third-order valence-corrected chi connectivity index (χ3v) is 4.99. The molecule has 2 N–H and O–H groups in total. The van der Waals surface area contributed by atoms with E-state index >= 15 is 0 Å². The number of methoxy groups -OCH3 is 2. The molecular weight excluding hydrogens is 346 g/mol. The fourth-order valence-electron chi connectivity index (χ4n) is 3.57. The molecule has 8 nitrogen and oxygen atoms in total. The highest BCUT2D eigenvalue weighted by Gasteiger charge is 2.22. The van der Waals surface area contributed by atoms with Crippen LogP contribution in [0.4, 0.5) is 5.69 Å². The van der Waals surface area contributed by atoms with Gasteiger partial charge in [-0.3, -0.25) is 4.57 Å². The van der Waals surface area contributed by atoms with E-state index in [0.29, 0.717) is 29.1 Å². The number of hydrogen-bond donors (Lipinski definition) is 1. The molecule has 2 aromatic heterocycles. The Morgan fingerprint density at radius 1 is 1.22 bits per heavy atom. The SMILES string of the molecule is COc1cc2nc(-n3ccnc3)nc(CC3CCOCC3)c2c(N)c1OC. The van der Waals surface area contributed by atoms with Crippen LogP contribution in [0.5, 0.6) is 11.5 Å². The van der Waals surface area contributed by atoms with Crippen LogP contribution in [-0.2, 0) is 11.2 Å². The summed E-state index contributed by atoms with van der Waals surface area (Å²) < 4.78 is 18.2. The normalized spacial score (nSPS) is 15.2. The fourth-order valence-corrected chi connectivity index (χ4v) is 3.57. The quantitative estimate of drug-likeness (QED) is 0.690. The predicted octanol–water partition coefficient (Wildman–Crippen LogP) is 2.38. The minimum absolute atomic E-state index is 0.500. The molecule has 0 saturated carbocycles. The number of ether oxygens (including phenoxy) is 3. The number of nitrogen functional groups attached to an aromatic ring is 1. The van der Waals surface area contributed by atoms with E-state index in [-0.39, 0.29) is 0 Å². The van der Waals surface area contributed by atoms with Gasteiger partial charge >= 0.3 is 0 Å². The van der Waals surface area contributed by atoms with Gasteiger partial charge in [-0.15, -0.1) is 0 Å². The molecule has 0 aliphatic carbocycles. The van der Waals surface area contributed by atoms with Crippen LogP contribution in [0.1, 0.15) is 18.5 Å². The molecule has 1 fully saturated rings. The topological polar surface area (TPSA) is 97.3 Å². The molecule has 142 valence electrons. The molecule has 8 heteroatoms. The van der Waals surface area contributed by atoms with Crippen LogP contribution in [0.15, 0.2) is 24.8 Å². The van der Waals surface area contributed by atoms with Gasteiger partial charge in [0.2, 0.25) is 5.95 Å². The van der Waals surface area contributed by atoms with Gasteiger partial charge in [0.25, 0.3) is 0 Å². The summed E-state index contributed by atoms with van der Waals surface area (Å²) in [5, 5.41) is 0.822. The van der Waals surface area contributed by atoms with Crippen molar-refractivity contribution in [3.8, 4) is 17.4 Å². The molecule has 0 spiro atoms. The maximum absolute atomic E-state index is 6.45. The van der Waals surface area contributed by atoms with Crippen molar-refractivity contribution in [3.63, 3.8) is 0 Å². The molecule has 1 aromatic carbocycles. The molecule has 1 aliphatic heterocycles. The smallest absolute Gasteiger partial charge is 0.235 e. The molecule has 3 heterocycles. The van der Waals surface area contributed by atoms with E-state index in [4.69, 9.17) is 24.9 Å². The first-order valence-electron chi connectivity index (χ1n) is 8.98. The maximum atomic E-state index is 6.45. The lowest BCUT2D eigenvalue weighted by atomic mass is 9.93. The van der Waals surface area contributed by atoms with Crippen LogP contribution in [0.25, 0.3) is 16.9 Å². The van der Waals surface area contributed by atoms with Gasteiger partial charge in [0.15, 0.2) is 11.5 Å². The van der Waals surface area contributed by atoms with Gasteiger partial charge in [-0.2, -0.15) is 0 Å². The average molecular weight is 369 g/mol. The van der Waals surface area contributed by atoms with Crippen LogP contribution in [0.2, 0.25) is 0 Å². The Bertz CT molecular complexity index is 936. The molecule has 0 atom stereocenters. The first kappa shape index (κ1) is 17.5. The summed E-state index contributed by atoms with van der Waals surface area (Å²) in [6, 6.07) is 1.85. The van der Waals surface area contributed by atoms with Crippen LogP contribution in [0.3, 0.4) is 0 Å². The van der Waals surface area contributed by atoms with Crippen molar-refractivity contribution in [2.45, 2.75) is 19.3 Å². The van der Waals surface area contributed by atoms with Crippen LogP contribution in [-0.4, -0.2) is 47.0 Å². The second kappa shape index (κ2) is 7.40. The van der Waals surface area contributed by atoms with Gasteiger partial charge in [0.05, 0.1) is 31.1 Å². The van der Waals surface area contributed by atoms with Crippen molar-refractivity contribution in [1.29, 1.82) is 0 Å². The van der Waals surface area contributed by atoms with Gasteiger partial charge in [0.1, 0.15) is 6.33 Å². The Labute approximate surface area is 157 Å². The van der Waals surface area contributed by atoms with Crippen molar-refractivity contribution < 1.29 is 14.2 Å². The molecule has 0 bridgehead atoms. The molecule has 27 heavy (non-hydrogen) atoms. The first-order valence-corrected chi connectivity index (χ1v) is 8.98. The summed E-state index contributed by atoms with van der Waals surface area (Å²) in [6.07, 6.45) is 8.05. The third-order valence-electron chi connectivity index (χ3n) is 4.99. The summed E-state index contributed by atoms with van der Waals surface area (Å²) in [7, 11) is 3.17. The Balaban J connectivity index is 1.90. The van der Waals surface area contributed by atoms with Crippen LogP contribution >= 0.6 is 0 Å². The van der Waals surface area contributed by atoms with Crippen LogP contribution < -0.4 is 15.2 Å². The largest absolute Gasteiger partial charge is 0.493 e. The number of nitrogens with zero attached hydrogens (tertiary/aromatic N) is 4. The standard InChI is InChI=1S/C19H23N5O3/c1-25-15-10-14-16(17(20)18(15)26-2)13(9-12-3-7-27-8-4-12)22-19(23-14)24-6-5-21-11-24/h5-6,10-12H,3-4,7-9,20H2,1-2H3. The lowest BCUT2D eigenvalue weighted by molar-refractivity contribution is 0.0663. The second-order valence-electron chi connectivity index (χ2n) is 6.62. The number of benzene rings is 1. The average Bonchev–Trinajstić information content (AvgIpc) is 3.23. The van der Waals surface area contributed by atoms with E-state index in [1.165, 1.54) is 0 Å². The second-order valence-corrected chi connectivity index (χ2v) is 6.62. The summed E-state index contributed by atoms with van der Waals surface area (Å²) in [6.45, 7) is 1.57. The molecule has 0 unspecified atom stereocenters. The Morgan fingerprint density at radius 2 is 2.04 bits per heavy atom. The molecule has 0 radical (unpaired) electrons. The molecule has 4 rings (SSSR count). The number of aromatic nitrogens is 4. The van der Waals surface area contributed by atoms with Gasteiger partial charge in [0, 0.05) is 37.1 Å². The Hall–Kier alpha value is -2.87. The Kier molecular flexibility index (Phi) is 4.81. The van der Waals surface area contributed by atoms with Crippen LogP contribution in [0, 0.1) is 5.92 Å². The van der Waals surface area contributed by atoms with Gasteiger partial charge < -0.3 is 19.9 Å². The van der Waals surface area contributed by atoms with E-state index in [1.807, 2.05) is 12.3 Å². The minimum Gasteiger partial charge on any atom is -0.493 e. The molecular formula is C19H23N5O3. The molecule has 1 aliphatic rings.